The Balaban J connectivity index is 1.71. The van der Waals surface area contributed by atoms with Crippen molar-refractivity contribution in [3.05, 3.63) is 60.7 Å². The van der Waals surface area contributed by atoms with E-state index < -0.39 is 27.7 Å². The van der Waals surface area contributed by atoms with Crippen molar-refractivity contribution in [3.63, 3.8) is 0 Å². The second-order valence-corrected chi connectivity index (χ2v) is 9.18. The van der Waals surface area contributed by atoms with Crippen LogP contribution in [0.2, 0.25) is 0 Å². The molecule has 3 aromatic rings. The van der Waals surface area contributed by atoms with Crippen LogP contribution in [0.5, 0.6) is 0 Å². The number of aromatic nitrogens is 2. The van der Waals surface area contributed by atoms with Crippen LogP contribution in [-0.2, 0) is 14.8 Å². The number of carbonyl (C=O) groups is 1. The molecule has 2 heterocycles. The van der Waals surface area contributed by atoms with Crippen molar-refractivity contribution in [1.29, 1.82) is 0 Å². The van der Waals surface area contributed by atoms with Crippen LogP contribution in [-0.4, -0.2) is 41.7 Å². The van der Waals surface area contributed by atoms with Crippen LogP contribution in [0.3, 0.4) is 0 Å². The highest BCUT2D eigenvalue weighted by Gasteiger charge is 2.36. The molecule has 8 nitrogen and oxygen atoms in total. The number of amides is 1. The third kappa shape index (κ3) is 3.99. The average Bonchev–Trinajstić information content (AvgIpc) is 3.26. The van der Waals surface area contributed by atoms with Gasteiger partial charge in [-0.2, -0.15) is 4.31 Å². The van der Waals surface area contributed by atoms with Gasteiger partial charge in [0.1, 0.15) is 5.82 Å². The minimum absolute atomic E-state index is 0.0381. The molecule has 1 saturated heterocycles. The lowest BCUT2D eigenvalue weighted by molar-refractivity contribution is -0.121. The Morgan fingerprint density at radius 2 is 1.77 bits per heavy atom. The highest BCUT2D eigenvalue weighted by atomic mass is 32.2. The number of hydrogen-bond donors (Lipinski definition) is 2. The summed E-state index contributed by atoms with van der Waals surface area (Å²) in [5.41, 5.74) is 12.3. The van der Waals surface area contributed by atoms with Crippen molar-refractivity contribution >= 4 is 21.9 Å². The summed E-state index contributed by atoms with van der Waals surface area (Å²) < 4.78 is 42.6. The van der Waals surface area contributed by atoms with Gasteiger partial charge < -0.3 is 11.5 Å². The lowest BCUT2D eigenvalue weighted by atomic mass is 10.0. The molecule has 1 aliphatic heterocycles. The quantitative estimate of drug-likeness (QED) is 0.623. The SMILES string of the molecule is NC(=O)[C@@H]1CCN(S(=O)(=O)c2ccccc2-c2ccc(-c3cnc(N)nc3)c(F)c2)C1. The first-order valence-electron chi connectivity index (χ1n) is 9.53. The summed E-state index contributed by atoms with van der Waals surface area (Å²) in [6.45, 7) is 0.241. The molecule has 1 aromatic heterocycles. The Labute approximate surface area is 178 Å². The lowest BCUT2D eigenvalue weighted by Gasteiger charge is -2.19. The van der Waals surface area contributed by atoms with Crippen LogP contribution >= 0.6 is 0 Å². The molecule has 0 saturated carbocycles. The van der Waals surface area contributed by atoms with E-state index in [4.69, 9.17) is 11.5 Å². The Hall–Kier alpha value is -3.37. The van der Waals surface area contributed by atoms with Crippen LogP contribution < -0.4 is 11.5 Å². The number of primary amides is 1. The predicted octanol–water partition coefficient (Wildman–Crippen LogP) is 2.03. The van der Waals surface area contributed by atoms with Gasteiger partial charge in [-0.25, -0.2) is 22.8 Å². The second-order valence-electron chi connectivity index (χ2n) is 7.27. The molecule has 1 amide bonds. The van der Waals surface area contributed by atoms with E-state index in [-0.39, 0.29) is 29.5 Å². The normalized spacial score (nSPS) is 17.0. The number of nitrogen functional groups attached to an aromatic ring is 1. The van der Waals surface area contributed by atoms with Gasteiger partial charge in [0.2, 0.25) is 21.9 Å². The van der Waals surface area contributed by atoms with Gasteiger partial charge in [-0.3, -0.25) is 4.79 Å². The van der Waals surface area contributed by atoms with E-state index in [1.807, 2.05) is 0 Å². The Morgan fingerprint density at radius 3 is 2.42 bits per heavy atom. The number of nitrogens with zero attached hydrogens (tertiary/aromatic N) is 3. The van der Waals surface area contributed by atoms with Crippen molar-refractivity contribution in [1.82, 2.24) is 14.3 Å². The Morgan fingerprint density at radius 1 is 1.06 bits per heavy atom. The molecule has 0 aliphatic carbocycles. The summed E-state index contributed by atoms with van der Waals surface area (Å²) in [6.07, 6.45) is 3.21. The minimum atomic E-state index is -3.89. The molecule has 4 N–H and O–H groups in total. The summed E-state index contributed by atoms with van der Waals surface area (Å²) in [5.74, 6) is -1.50. The second kappa shape index (κ2) is 8.05. The third-order valence-electron chi connectivity index (χ3n) is 5.32. The standard InChI is InChI=1S/C21H20FN5O3S/c22-18-9-13(5-6-16(18)15-10-25-21(24)26-11-15)17-3-1-2-4-19(17)31(29,30)27-8-7-14(12-27)20(23)28/h1-6,9-11,14H,7-8,12H2,(H2,23,28)(H2,24,25,26)/t14-/m1/s1. The largest absolute Gasteiger partial charge is 0.369 e. The molecule has 10 heteroatoms. The zero-order valence-electron chi connectivity index (χ0n) is 16.4. The first kappa shape index (κ1) is 20.9. The Bertz CT molecular complexity index is 1250. The van der Waals surface area contributed by atoms with Crippen molar-refractivity contribution in [2.24, 2.45) is 11.7 Å². The van der Waals surface area contributed by atoms with Gasteiger partial charge in [-0.05, 0) is 24.1 Å². The molecule has 0 bridgehead atoms. The van der Waals surface area contributed by atoms with E-state index in [1.165, 1.54) is 28.8 Å². The maximum Gasteiger partial charge on any atom is 0.243 e. The first-order valence-corrected chi connectivity index (χ1v) is 11.0. The minimum Gasteiger partial charge on any atom is -0.369 e. The number of nitrogens with two attached hydrogens (primary N) is 2. The van der Waals surface area contributed by atoms with E-state index >= 15 is 0 Å². The molecule has 0 spiro atoms. The molecule has 1 aliphatic rings. The van der Waals surface area contributed by atoms with Crippen LogP contribution in [0, 0.1) is 11.7 Å². The van der Waals surface area contributed by atoms with Gasteiger partial charge in [0.05, 0.1) is 10.8 Å². The number of carbonyl (C=O) groups excluding carboxylic acids is 1. The number of halogens is 1. The number of sulfonamides is 1. The monoisotopic (exact) mass is 441 g/mol. The molecule has 1 atom stereocenters. The van der Waals surface area contributed by atoms with Crippen LogP contribution in [0.25, 0.3) is 22.3 Å². The molecule has 1 fully saturated rings. The maximum atomic E-state index is 14.9. The summed E-state index contributed by atoms with van der Waals surface area (Å²) >= 11 is 0. The number of anilines is 1. The van der Waals surface area contributed by atoms with Gasteiger partial charge in [0, 0.05) is 42.2 Å². The van der Waals surface area contributed by atoms with Gasteiger partial charge in [0.25, 0.3) is 0 Å². The van der Waals surface area contributed by atoms with Crippen molar-refractivity contribution in [2.75, 3.05) is 18.8 Å². The summed E-state index contributed by atoms with van der Waals surface area (Å²) in [4.78, 5) is 19.2. The third-order valence-corrected chi connectivity index (χ3v) is 7.24. The highest BCUT2D eigenvalue weighted by molar-refractivity contribution is 7.89. The lowest BCUT2D eigenvalue weighted by Crippen LogP contribution is -2.32. The fourth-order valence-corrected chi connectivity index (χ4v) is 5.36. The van der Waals surface area contributed by atoms with Crippen LogP contribution in [0.1, 0.15) is 6.42 Å². The van der Waals surface area contributed by atoms with Gasteiger partial charge in [0.15, 0.2) is 0 Å². The highest BCUT2D eigenvalue weighted by Crippen LogP contribution is 2.34. The number of benzene rings is 2. The van der Waals surface area contributed by atoms with Gasteiger partial charge >= 0.3 is 0 Å². The van der Waals surface area contributed by atoms with Crippen LogP contribution in [0.15, 0.2) is 59.8 Å². The number of rotatable bonds is 5. The molecule has 4 rings (SSSR count). The van der Waals surface area contributed by atoms with Gasteiger partial charge in [-0.1, -0.05) is 30.3 Å². The molecule has 31 heavy (non-hydrogen) atoms. The molecular formula is C21H20FN5O3S. The fourth-order valence-electron chi connectivity index (χ4n) is 3.64. The summed E-state index contributed by atoms with van der Waals surface area (Å²) in [5, 5.41) is 0. The molecular weight excluding hydrogens is 421 g/mol. The molecule has 2 aromatic carbocycles. The number of hydrogen-bond acceptors (Lipinski definition) is 6. The van der Waals surface area contributed by atoms with E-state index in [0.29, 0.717) is 23.1 Å². The van der Waals surface area contributed by atoms with Crippen molar-refractivity contribution in [3.8, 4) is 22.3 Å². The van der Waals surface area contributed by atoms with Crippen molar-refractivity contribution in [2.45, 2.75) is 11.3 Å². The summed E-state index contributed by atoms with van der Waals surface area (Å²) in [7, 11) is -3.89. The zero-order chi connectivity index (χ0) is 22.2. The Kier molecular flexibility index (Phi) is 5.42. The molecule has 0 unspecified atom stereocenters. The smallest absolute Gasteiger partial charge is 0.243 e. The fraction of sp³-hybridized carbons (Fsp3) is 0.190. The molecule has 160 valence electrons. The van der Waals surface area contributed by atoms with Gasteiger partial charge in [-0.15, -0.1) is 0 Å². The van der Waals surface area contributed by atoms with E-state index in [1.54, 1.807) is 30.3 Å². The maximum absolute atomic E-state index is 14.9. The average molecular weight is 441 g/mol. The summed E-state index contributed by atoms with van der Waals surface area (Å²) in [6, 6.07) is 10.8. The van der Waals surface area contributed by atoms with E-state index in [9.17, 15) is 17.6 Å². The topological polar surface area (TPSA) is 132 Å². The van der Waals surface area contributed by atoms with E-state index in [2.05, 4.69) is 9.97 Å². The zero-order valence-corrected chi connectivity index (χ0v) is 17.2. The van der Waals surface area contributed by atoms with E-state index in [0.717, 1.165) is 0 Å². The molecule has 0 radical (unpaired) electrons. The van der Waals surface area contributed by atoms with Crippen LogP contribution in [0.4, 0.5) is 10.3 Å². The predicted molar refractivity (Wildman–Crippen MR) is 113 cm³/mol. The first-order chi connectivity index (χ1) is 14.8. The van der Waals surface area contributed by atoms with Crippen molar-refractivity contribution < 1.29 is 17.6 Å².